The second-order valence-electron chi connectivity index (χ2n) is 10.2. The molecular weight excluding hydrogens is 440 g/mol. The fourth-order valence-electron chi connectivity index (χ4n) is 5.54. The standard InChI is InChI=1S/C28H38N4O3/c33-22(19-35-26-12-6-11-25-27(26)23-9-4-5-10-24(23)31-25)18-29-17-20-13-15-32(16-14-20)28(34)30-21-7-2-1-3-8-21/h4-6,9-12,20-22,29,31,33H,1-3,7-8,13-19H2,(H,30,34). The highest BCUT2D eigenvalue weighted by molar-refractivity contribution is 6.10. The Morgan fingerprint density at radius 1 is 1.03 bits per heavy atom. The molecule has 0 bridgehead atoms. The highest BCUT2D eigenvalue weighted by atomic mass is 16.5. The topological polar surface area (TPSA) is 89.6 Å². The average Bonchev–Trinajstić information content (AvgIpc) is 3.28. The van der Waals surface area contributed by atoms with Crippen molar-refractivity contribution in [2.24, 2.45) is 5.92 Å². The Bertz CT molecular complexity index is 1120. The van der Waals surface area contributed by atoms with Crippen molar-refractivity contribution in [1.29, 1.82) is 0 Å². The van der Waals surface area contributed by atoms with Crippen molar-refractivity contribution in [2.75, 3.05) is 32.8 Å². The lowest BCUT2D eigenvalue weighted by atomic mass is 9.95. The van der Waals surface area contributed by atoms with Crippen molar-refractivity contribution in [1.82, 2.24) is 20.5 Å². The highest BCUT2D eigenvalue weighted by Crippen LogP contribution is 2.33. The molecule has 0 radical (unpaired) electrons. The monoisotopic (exact) mass is 478 g/mol. The van der Waals surface area contributed by atoms with E-state index < -0.39 is 6.10 Å². The number of aliphatic hydroxyl groups is 1. The average molecular weight is 479 g/mol. The number of piperidine rings is 1. The van der Waals surface area contributed by atoms with Crippen molar-refractivity contribution >= 4 is 27.8 Å². The Morgan fingerprint density at radius 2 is 1.80 bits per heavy atom. The van der Waals surface area contributed by atoms with Crippen molar-refractivity contribution in [3.05, 3.63) is 42.5 Å². The highest BCUT2D eigenvalue weighted by Gasteiger charge is 2.25. The van der Waals surface area contributed by atoms with Crippen molar-refractivity contribution in [3.8, 4) is 5.75 Å². The Balaban J connectivity index is 1.03. The van der Waals surface area contributed by atoms with Gasteiger partial charge in [0.25, 0.3) is 0 Å². The third-order valence-electron chi connectivity index (χ3n) is 7.57. The zero-order chi connectivity index (χ0) is 24.0. The normalized spacial score (nSPS) is 18.7. The molecule has 2 aromatic carbocycles. The summed E-state index contributed by atoms with van der Waals surface area (Å²) in [5.41, 5.74) is 2.12. The molecule has 7 heteroatoms. The SMILES string of the molecule is O=C(NC1CCCCC1)N1CCC(CNCC(O)COc2cccc3[nH]c4ccccc4c23)CC1. The number of para-hydroxylation sites is 1. The number of aromatic amines is 1. The van der Waals surface area contributed by atoms with E-state index in [1.54, 1.807) is 0 Å². The van der Waals surface area contributed by atoms with E-state index >= 15 is 0 Å². The second-order valence-corrected chi connectivity index (χ2v) is 10.2. The number of nitrogens with one attached hydrogen (secondary N) is 3. The smallest absolute Gasteiger partial charge is 0.317 e. The fraction of sp³-hybridized carbons (Fsp3) is 0.536. The number of aliphatic hydroxyl groups excluding tert-OH is 1. The van der Waals surface area contributed by atoms with Crippen molar-refractivity contribution < 1.29 is 14.6 Å². The predicted octanol–water partition coefficient (Wildman–Crippen LogP) is 4.40. The quantitative estimate of drug-likeness (QED) is 0.386. The van der Waals surface area contributed by atoms with Crippen LogP contribution >= 0.6 is 0 Å². The van der Waals surface area contributed by atoms with E-state index in [2.05, 4.69) is 27.8 Å². The third-order valence-corrected chi connectivity index (χ3v) is 7.57. The van der Waals surface area contributed by atoms with Gasteiger partial charge in [-0.3, -0.25) is 0 Å². The molecule has 1 saturated heterocycles. The Morgan fingerprint density at radius 3 is 2.63 bits per heavy atom. The summed E-state index contributed by atoms with van der Waals surface area (Å²) in [6, 6.07) is 14.6. The van der Waals surface area contributed by atoms with Crippen molar-refractivity contribution in [2.45, 2.75) is 57.1 Å². The van der Waals surface area contributed by atoms with E-state index in [9.17, 15) is 9.90 Å². The second kappa shape index (κ2) is 11.3. The number of hydrogen-bond donors (Lipinski definition) is 4. The van der Waals surface area contributed by atoms with E-state index in [0.29, 0.717) is 18.5 Å². The molecule has 5 rings (SSSR count). The lowest BCUT2D eigenvalue weighted by Gasteiger charge is -2.34. The number of amides is 2. The van der Waals surface area contributed by atoms with Crippen LogP contribution in [-0.4, -0.2) is 66.0 Å². The minimum absolute atomic E-state index is 0.112. The van der Waals surface area contributed by atoms with Gasteiger partial charge in [0.15, 0.2) is 0 Å². The van der Waals surface area contributed by atoms with Crippen LogP contribution in [0.5, 0.6) is 5.75 Å². The number of fused-ring (bicyclic) bond motifs is 3. The summed E-state index contributed by atoms with van der Waals surface area (Å²) >= 11 is 0. The first-order valence-electron chi connectivity index (χ1n) is 13.2. The molecule has 188 valence electrons. The number of carbonyl (C=O) groups is 1. The Kier molecular flexibility index (Phi) is 7.74. The molecule has 1 aliphatic heterocycles. The number of aromatic nitrogens is 1. The molecule has 35 heavy (non-hydrogen) atoms. The molecule has 1 aromatic heterocycles. The molecule has 3 aromatic rings. The number of urea groups is 1. The number of likely N-dealkylation sites (tertiary alicyclic amines) is 1. The number of rotatable bonds is 8. The number of carbonyl (C=O) groups excluding carboxylic acids is 1. The summed E-state index contributed by atoms with van der Waals surface area (Å²) in [5.74, 6) is 1.32. The number of ether oxygens (including phenoxy) is 1. The van der Waals surface area contributed by atoms with Crippen LogP contribution in [0, 0.1) is 5.92 Å². The van der Waals surface area contributed by atoms with Gasteiger partial charge in [-0.1, -0.05) is 43.5 Å². The number of H-pyrrole nitrogens is 1. The van der Waals surface area contributed by atoms with E-state index in [1.165, 1.54) is 19.3 Å². The maximum atomic E-state index is 12.6. The minimum atomic E-state index is -0.586. The summed E-state index contributed by atoms with van der Waals surface area (Å²) in [4.78, 5) is 17.9. The largest absolute Gasteiger partial charge is 0.490 e. The number of nitrogens with zero attached hydrogens (tertiary/aromatic N) is 1. The predicted molar refractivity (Wildman–Crippen MR) is 140 cm³/mol. The van der Waals surface area contributed by atoms with Gasteiger partial charge in [0.2, 0.25) is 0 Å². The zero-order valence-corrected chi connectivity index (χ0v) is 20.5. The summed E-state index contributed by atoms with van der Waals surface area (Å²) in [7, 11) is 0. The summed E-state index contributed by atoms with van der Waals surface area (Å²) < 4.78 is 6.03. The fourth-order valence-corrected chi connectivity index (χ4v) is 5.54. The van der Waals surface area contributed by atoms with Crippen LogP contribution in [0.2, 0.25) is 0 Å². The molecule has 2 amide bonds. The first kappa shape index (κ1) is 23.9. The van der Waals surface area contributed by atoms with Crippen LogP contribution in [0.15, 0.2) is 42.5 Å². The van der Waals surface area contributed by atoms with Gasteiger partial charge in [-0.25, -0.2) is 4.79 Å². The Labute approximate surface area is 207 Å². The lowest BCUT2D eigenvalue weighted by Crippen LogP contribution is -2.49. The van der Waals surface area contributed by atoms with Crippen LogP contribution in [0.25, 0.3) is 21.8 Å². The van der Waals surface area contributed by atoms with Gasteiger partial charge in [0.05, 0.1) is 5.52 Å². The first-order valence-corrected chi connectivity index (χ1v) is 13.2. The van der Waals surface area contributed by atoms with Crippen LogP contribution in [0.4, 0.5) is 4.79 Å². The first-order chi connectivity index (χ1) is 17.2. The molecule has 1 atom stereocenters. The van der Waals surface area contributed by atoms with Gasteiger partial charge in [0, 0.05) is 42.0 Å². The van der Waals surface area contributed by atoms with Crippen LogP contribution < -0.4 is 15.4 Å². The maximum Gasteiger partial charge on any atom is 0.317 e. The van der Waals surface area contributed by atoms with Gasteiger partial charge >= 0.3 is 6.03 Å². The molecule has 2 fully saturated rings. The molecule has 2 heterocycles. The van der Waals surface area contributed by atoms with Crippen LogP contribution in [0.1, 0.15) is 44.9 Å². The molecule has 4 N–H and O–H groups in total. The maximum absolute atomic E-state index is 12.6. The molecule has 2 aliphatic rings. The molecule has 1 unspecified atom stereocenters. The lowest BCUT2D eigenvalue weighted by molar-refractivity contribution is 0.104. The van der Waals surface area contributed by atoms with E-state index in [1.807, 2.05) is 35.2 Å². The van der Waals surface area contributed by atoms with Gasteiger partial charge in [-0.15, -0.1) is 0 Å². The van der Waals surface area contributed by atoms with E-state index in [4.69, 9.17) is 4.74 Å². The third kappa shape index (κ3) is 5.90. The van der Waals surface area contributed by atoms with E-state index in [0.717, 1.165) is 72.9 Å². The van der Waals surface area contributed by atoms with Gasteiger partial charge in [-0.05, 0) is 56.3 Å². The van der Waals surface area contributed by atoms with Gasteiger partial charge in [0.1, 0.15) is 18.5 Å². The molecule has 0 spiro atoms. The number of hydrogen-bond acceptors (Lipinski definition) is 4. The Hall–Kier alpha value is -2.77. The van der Waals surface area contributed by atoms with Crippen LogP contribution in [0.3, 0.4) is 0 Å². The van der Waals surface area contributed by atoms with Gasteiger partial charge < -0.3 is 30.4 Å². The molecule has 1 saturated carbocycles. The number of benzene rings is 2. The minimum Gasteiger partial charge on any atom is -0.490 e. The van der Waals surface area contributed by atoms with Crippen molar-refractivity contribution in [3.63, 3.8) is 0 Å². The van der Waals surface area contributed by atoms with Crippen LogP contribution in [-0.2, 0) is 0 Å². The zero-order valence-electron chi connectivity index (χ0n) is 20.5. The summed E-state index contributed by atoms with van der Waals surface area (Å²) in [6.07, 6.45) is 7.41. The summed E-state index contributed by atoms with van der Waals surface area (Å²) in [6.45, 7) is 3.21. The summed E-state index contributed by atoms with van der Waals surface area (Å²) in [5, 5.41) is 19.3. The molecular formula is C28H38N4O3. The molecule has 1 aliphatic carbocycles. The molecule has 7 nitrogen and oxygen atoms in total. The van der Waals surface area contributed by atoms with E-state index in [-0.39, 0.29) is 12.6 Å². The van der Waals surface area contributed by atoms with Gasteiger partial charge in [-0.2, -0.15) is 0 Å².